The summed E-state index contributed by atoms with van der Waals surface area (Å²) in [6, 6.07) is 0. The van der Waals surface area contributed by atoms with E-state index in [1.165, 1.54) is 0 Å². The predicted molar refractivity (Wildman–Crippen MR) is 50.8 cm³/mol. The minimum atomic E-state index is 0.102. The van der Waals surface area contributed by atoms with Crippen LogP contribution in [0.2, 0.25) is 0 Å². The molecular formula is C10H18O2. The highest BCUT2D eigenvalue weighted by Gasteiger charge is 2.17. The van der Waals surface area contributed by atoms with Gasteiger partial charge in [0.15, 0.2) is 0 Å². The molecule has 0 saturated heterocycles. The largest absolute Gasteiger partial charge is 0.396 e. The summed E-state index contributed by atoms with van der Waals surface area (Å²) in [7, 11) is 0. The fourth-order valence-corrected chi connectivity index (χ4v) is 1.26. The van der Waals surface area contributed by atoms with Crippen molar-refractivity contribution >= 4 is 0 Å². The van der Waals surface area contributed by atoms with E-state index in [0.29, 0.717) is 0 Å². The quantitative estimate of drug-likeness (QED) is 0.566. The number of aliphatic hydroxyl groups is 2. The molecule has 0 fully saturated rings. The van der Waals surface area contributed by atoms with E-state index >= 15 is 0 Å². The molecule has 0 aliphatic heterocycles. The second-order valence-electron chi connectivity index (χ2n) is 2.93. The van der Waals surface area contributed by atoms with Crippen LogP contribution in [0.5, 0.6) is 0 Å². The zero-order chi connectivity index (χ0) is 9.40. The maximum absolute atomic E-state index is 8.99. The molecular weight excluding hydrogens is 152 g/mol. The average Bonchev–Trinajstić information content (AvgIpc) is 2.11. The first-order chi connectivity index (χ1) is 5.79. The van der Waals surface area contributed by atoms with Gasteiger partial charge >= 0.3 is 0 Å². The molecule has 2 heteroatoms. The van der Waals surface area contributed by atoms with Crippen LogP contribution in [0.15, 0.2) is 25.3 Å². The summed E-state index contributed by atoms with van der Waals surface area (Å²) < 4.78 is 0. The van der Waals surface area contributed by atoms with Crippen molar-refractivity contribution in [1.82, 2.24) is 0 Å². The van der Waals surface area contributed by atoms with Crippen molar-refractivity contribution in [2.75, 3.05) is 13.2 Å². The maximum Gasteiger partial charge on any atom is 0.0465 e. The molecule has 0 aromatic heterocycles. The van der Waals surface area contributed by atoms with Crippen LogP contribution >= 0.6 is 0 Å². The van der Waals surface area contributed by atoms with Crippen molar-refractivity contribution in [2.45, 2.75) is 12.8 Å². The van der Waals surface area contributed by atoms with Gasteiger partial charge in [-0.05, 0) is 24.7 Å². The fraction of sp³-hybridized carbons (Fsp3) is 0.600. The van der Waals surface area contributed by atoms with Gasteiger partial charge in [0.1, 0.15) is 0 Å². The molecule has 0 radical (unpaired) electrons. The highest BCUT2D eigenvalue weighted by Crippen LogP contribution is 2.19. The van der Waals surface area contributed by atoms with E-state index in [1.807, 2.05) is 0 Å². The Balaban J connectivity index is 4.00. The minimum Gasteiger partial charge on any atom is -0.396 e. The summed E-state index contributed by atoms with van der Waals surface area (Å²) in [6.45, 7) is 7.42. The van der Waals surface area contributed by atoms with Gasteiger partial charge < -0.3 is 10.2 Å². The molecule has 0 heterocycles. The molecule has 12 heavy (non-hydrogen) atoms. The van der Waals surface area contributed by atoms with Crippen LogP contribution < -0.4 is 0 Å². The van der Waals surface area contributed by atoms with Crippen LogP contribution in [0.4, 0.5) is 0 Å². The van der Waals surface area contributed by atoms with Crippen LogP contribution in [0.1, 0.15) is 12.8 Å². The maximum atomic E-state index is 8.99. The highest BCUT2D eigenvalue weighted by atomic mass is 16.3. The fourth-order valence-electron chi connectivity index (χ4n) is 1.26. The summed E-state index contributed by atoms with van der Waals surface area (Å²) >= 11 is 0. The third kappa shape index (κ3) is 3.69. The first-order valence-corrected chi connectivity index (χ1v) is 4.23. The van der Waals surface area contributed by atoms with Crippen molar-refractivity contribution < 1.29 is 10.2 Å². The van der Waals surface area contributed by atoms with E-state index in [2.05, 4.69) is 13.2 Å². The van der Waals surface area contributed by atoms with Crippen LogP contribution in [-0.4, -0.2) is 23.4 Å². The lowest BCUT2D eigenvalue weighted by Gasteiger charge is -2.20. The van der Waals surface area contributed by atoms with Gasteiger partial charge in [-0.15, -0.1) is 13.2 Å². The first kappa shape index (κ1) is 11.4. The lowest BCUT2D eigenvalue weighted by atomic mass is 9.88. The van der Waals surface area contributed by atoms with Gasteiger partial charge in [0.05, 0.1) is 0 Å². The van der Waals surface area contributed by atoms with Gasteiger partial charge in [-0.2, -0.15) is 0 Å². The number of hydrogen-bond acceptors (Lipinski definition) is 2. The molecule has 0 rings (SSSR count). The van der Waals surface area contributed by atoms with E-state index in [9.17, 15) is 0 Å². The standard InChI is InChI=1S/C10H18O2/c1-3-5-9(7-11)10(8-12)6-4-2/h3-4,9-12H,1-2,5-8H2. The molecule has 0 aromatic carbocycles. The Morgan fingerprint density at radius 3 is 1.42 bits per heavy atom. The Bertz CT molecular complexity index is 116. The van der Waals surface area contributed by atoms with Crippen LogP contribution in [-0.2, 0) is 0 Å². The molecule has 70 valence electrons. The smallest absolute Gasteiger partial charge is 0.0465 e. The van der Waals surface area contributed by atoms with Crippen molar-refractivity contribution in [1.29, 1.82) is 0 Å². The number of rotatable bonds is 7. The zero-order valence-electron chi connectivity index (χ0n) is 7.45. The Kier molecular flexibility index (Phi) is 6.72. The Labute approximate surface area is 74.2 Å². The van der Waals surface area contributed by atoms with E-state index in [1.54, 1.807) is 12.2 Å². The Morgan fingerprint density at radius 2 is 1.25 bits per heavy atom. The average molecular weight is 170 g/mol. The van der Waals surface area contributed by atoms with Gasteiger partial charge in [-0.25, -0.2) is 0 Å². The summed E-state index contributed by atoms with van der Waals surface area (Å²) in [4.78, 5) is 0. The molecule has 0 aromatic rings. The summed E-state index contributed by atoms with van der Waals surface area (Å²) in [5, 5.41) is 18.0. The Hall–Kier alpha value is -0.600. The third-order valence-corrected chi connectivity index (χ3v) is 2.07. The minimum absolute atomic E-state index is 0.102. The molecule has 0 spiro atoms. The molecule has 2 atom stereocenters. The normalized spacial score (nSPS) is 15.2. The van der Waals surface area contributed by atoms with Crippen molar-refractivity contribution in [3.05, 3.63) is 25.3 Å². The molecule has 0 saturated carbocycles. The van der Waals surface area contributed by atoms with E-state index in [0.717, 1.165) is 12.8 Å². The molecule has 2 N–H and O–H groups in total. The molecule has 2 nitrogen and oxygen atoms in total. The van der Waals surface area contributed by atoms with Crippen molar-refractivity contribution in [2.24, 2.45) is 11.8 Å². The van der Waals surface area contributed by atoms with E-state index in [4.69, 9.17) is 10.2 Å². The van der Waals surface area contributed by atoms with Crippen molar-refractivity contribution in [3.8, 4) is 0 Å². The monoisotopic (exact) mass is 170 g/mol. The summed E-state index contributed by atoms with van der Waals surface area (Å²) in [5.41, 5.74) is 0. The predicted octanol–water partition coefficient (Wildman–Crippen LogP) is 1.36. The molecule has 0 bridgehead atoms. The lowest BCUT2D eigenvalue weighted by Crippen LogP contribution is -2.20. The second kappa shape index (κ2) is 7.07. The number of hydrogen-bond donors (Lipinski definition) is 2. The van der Waals surface area contributed by atoms with Crippen molar-refractivity contribution in [3.63, 3.8) is 0 Å². The lowest BCUT2D eigenvalue weighted by molar-refractivity contribution is 0.123. The topological polar surface area (TPSA) is 40.5 Å². The van der Waals surface area contributed by atoms with Gasteiger partial charge in [0.25, 0.3) is 0 Å². The highest BCUT2D eigenvalue weighted by molar-refractivity contribution is 4.82. The molecule has 0 aliphatic carbocycles. The molecule has 0 amide bonds. The van der Waals surface area contributed by atoms with E-state index < -0.39 is 0 Å². The molecule has 0 aliphatic rings. The van der Waals surface area contributed by atoms with Crippen LogP contribution in [0.25, 0.3) is 0 Å². The SMILES string of the molecule is C=CCC(CO)C(CO)CC=C. The Morgan fingerprint density at radius 1 is 0.917 bits per heavy atom. The van der Waals surface area contributed by atoms with E-state index in [-0.39, 0.29) is 25.0 Å². The number of aliphatic hydroxyl groups excluding tert-OH is 2. The summed E-state index contributed by atoms with van der Waals surface area (Å²) in [6.07, 6.45) is 5.03. The second-order valence-corrected chi connectivity index (χ2v) is 2.93. The van der Waals surface area contributed by atoms with Gasteiger partial charge in [-0.1, -0.05) is 12.2 Å². The molecule has 2 unspecified atom stereocenters. The van der Waals surface area contributed by atoms with Gasteiger partial charge in [0.2, 0.25) is 0 Å². The van der Waals surface area contributed by atoms with Gasteiger partial charge in [0, 0.05) is 13.2 Å². The first-order valence-electron chi connectivity index (χ1n) is 4.23. The number of allylic oxidation sites excluding steroid dienone is 2. The van der Waals surface area contributed by atoms with Gasteiger partial charge in [-0.3, -0.25) is 0 Å². The van der Waals surface area contributed by atoms with Crippen LogP contribution in [0.3, 0.4) is 0 Å². The van der Waals surface area contributed by atoms with Crippen LogP contribution in [0, 0.1) is 11.8 Å². The summed E-state index contributed by atoms with van der Waals surface area (Å²) in [5.74, 6) is 0.232. The zero-order valence-corrected chi connectivity index (χ0v) is 7.45. The third-order valence-electron chi connectivity index (χ3n) is 2.07.